The van der Waals surface area contributed by atoms with Crippen LogP contribution >= 0.6 is 23.2 Å². The average Bonchev–Trinajstić information content (AvgIpc) is 3.05. The van der Waals surface area contributed by atoms with Crippen molar-refractivity contribution in [3.8, 4) is 11.3 Å². The summed E-state index contributed by atoms with van der Waals surface area (Å²) in [6.45, 7) is 5.32. The van der Waals surface area contributed by atoms with E-state index in [4.69, 9.17) is 28.2 Å². The topological polar surface area (TPSA) is 69.7 Å². The van der Waals surface area contributed by atoms with Crippen LogP contribution in [0.25, 0.3) is 22.4 Å². The Hall–Kier alpha value is -1.89. The quantitative estimate of drug-likeness (QED) is 0.683. The van der Waals surface area contributed by atoms with E-state index in [1.807, 2.05) is 25.4 Å². The Bertz CT molecular complexity index is 942. The second-order valence-electron chi connectivity index (χ2n) is 7.49. The maximum absolute atomic E-state index is 6.12. The molecule has 0 bridgehead atoms. The van der Waals surface area contributed by atoms with Gasteiger partial charge in [0, 0.05) is 35.2 Å². The predicted molar refractivity (Wildman–Crippen MR) is 111 cm³/mol. The average molecular weight is 405 g/mol. The van der Waals surface area contributed by atoms with E-state index >= 15 is 0 Å². The Morgan fingerprint density at radius 1 is 1.19 bits per heavy atom. The molecule has 3 heterocycles. The molecule has 2 aromatic heterocycles. The van der Waals surface area contributed by atoms with E-state index in [0.717, 1.165) is 49.6 Å². The first-order valence-electron chi connectivity index (χ1n) is 9.05. The second-order valence-corrected chi connectivity index (χ2v) is 8.36. The van der Waals surface area contributed by atoms with Crippen molar-refractivity contribution in [2.24, 2.45) is 5.41 Å². The standard InChI is InChI=1S/C19H22Cl2N6/c1-19(11-22-2)3-5-27(6-4-19)15-10-23-17-16(25-26-18(17)24-15)12-7-13(20)9-14(21)8-12/h7-10,22H,3-6,11H2,1-2H3,(H,24,25,26). The maximum atomic E-state index is 6.12. The third-order valence-electron chi connectivity index (χ3n) is 5.30. The molecule has 0 amide bonds. The van der Waals surface area contributed by atoms with E-state index in [1.165, 1.54) is 0 Å². The van der Waals surface area contributed by atoms with E-state index < -0.39 is 0 Å². The number of halogens is 2. The molecular weight excluding hydrogens is 383 g/mol. The number of nitrogens with one attached hydrogen (secondary N) is 2. The number of hydrogen-bond donors (Lipinski definition) is 2. The lowest BCUT2D eigenvalue weighted by molar-refractivity contribution is 0.242. The number of aromatic amines is 1. The minimum absolute atomic E-state index is 0.341. The zero-order valence-electron chi connectivity index (χ0n) is 15.4. The van der Waals surface area contributed by atoms with Gasteiger partial charge in [-0.3, -0.25) is 5.10 Å². The largest absolute Gasteiger partial charge is 0.355 e. The maximum Gasteiger partial charge on any atom is 0.202 e. The highest BCUT2D eigenvalue weighted by atomic mass is 35.5. The molecule has 0 saturated carbocycles. The van der Waals surface area contributed by atoms with Crippen molar-refractivity contribution < 1.29 is 0 Å². The lowest BCUT2D eigenvalue weighted by atomic mass is 9.80. The van der Waals surface area contributed by atoms with Gasteiger partial charge in [-0.05, 0) is 43.5 Å². The molecule has 142 valence electrons. The Morgan fingerprint density at radius 3 is 2.56 bits per heavy atom. The Kier molecular flexibility index (Phi) is 4.97. The molecule has 6 nitrogen and oxygen atoms in total. The summed E-state index contributed by atoms with van der Waals surface area (Å²) in [6, 6.07) is 5.37. The van der Waals surface area contributed by atoms with Crippen LogP contribution in [0.1, 0.15) is 19.8 Å². The summed E-state index contributed by atoms with van der Waals surface area (Å²) in [5.41, 5.74) is 3.27. The van der Waals surface area contributed by atoms with Gasteiger partial charge in [0.2, 0.25) is 5.65 Å². The smallest absolute Gasteiger partial charge is 0.202 e. The first-order valence-corrected chi connectivity index (χ1v) is 9.80. The van der Waals surface area contributed by atoms with Gasteiger partial charge in [0.15, 0.2) is 0 Å². The van der Waals surface area contributed by atoms with Crippen LogP contribution in [0.2, 0.25) is 10.0 Å². The van der Waals surface area contributed by atoms with Gasteiger partial charge in [0.25, 0.3) is 0 Å². The summed E-state index contributed by atoms with van der Waals surface area (Å²) in [5.74, 6) is 0.871. The first kappa shape index (κ1) is 18.5. The van der Waals surface area contributed by atoms with Crippen molar-refractivity contribution in [1.82, 2.24) is 25.5 Å². The van der Waals surface area contributed by atoms with Crippen LogP contribution < -0.4 is 10.2 Å². The van der Waals surface area contributed by atoms with Gasteiger partial charge in [-0.2, -0.15) is 5.10 Å². The Morgan fingerprint density at radius 2 is 1.89 bits per heavy atom. The lowest BCUT2D eigenvalue weighted by Crippen LogP contribution is -2.43. The van der Waals surface area contributed by atoms with Gasteiger partial charge in [-0.15, -0.1) is 0 Å². The highest BCUT2D eigenvalue weighted by Crippen LogP contribution is 2.33. The SMILES string of the molecule is CNCC1(C)CCN(c2cnc3c(-c4cc(Cl)cc(Cl)c4)[nH]nc3n2)CC1. The molecule has 0 unspecified atom stereocenters. The molecule has 0 radical (unpaired) electrons. The van der Waals surface area contributed by atoms with Gasteiger partial charge in [0.05, 0.1) is 11.9 Å². The van der Waals surface area contributed by atoms with E-state index in [0.29, 0.717) is 26.6 Å². The summed E-state index contributed by atoms with van der Waals surface area (Å²) < 4.78 is 0. The number of piperidine rings is 1. The number of rotatable bonds is 4. The molecule has 2 N–H and O–H groups in total. The van der Waals surface area contributed by atoms with Crippen LogP contribution in [-0.2, 0) is 0 Å². The summed E-state index contributed by atoms with van der Waals surface area (Å²) in [4.78, 5) is 11.6. The number of hydrogen-bond acceptors (Lipinski definition) is 5. The van der Waals surface area contributed by atoms with Gasteiger partial charge in [-0.25, -0.2) is 9.97 Å². The third kappa shape index (κ3) is 3.74. The van der Waals surface area contributed by atoms with Crippen molar-refractivity contribution in [2.45, 2.75) is 19.8 Å². The molecule has 1 fully saturated rings. The zero-order valence-corrected chi connectivity index (χ0v) is 16.9. The molecule has 0 atom stereocenters. The molecule has 1 aliphatic heterocycles. The van der Waals surface area contributed by atoms with Crippen LogP contribution in [0.4, 0.5) is 5.82 Å². The van der Waals surface area contributed by atoms with Crippen molar-refractivity contribution in [2.75, 3.05) is 31.6 Å². The number of H-pyrrole nitrogens is 1. The van der Waals surface area contributed by atoms with Crippen molar-refractivity contribution in [3.63, 3.8) is 0 Å². The highest BCUT2D eigenvalue weighted by molar-refractivity contribution is 6.35. The minimum atomic E-state index is 0.341. The number of benzene rings is 1. The van der Waals surface area contributed by atoms with Crippen molar-refractivity contribution >= 4 is 40.2 Å². The summed E-state index contributed by atoms with van der Waals surface area (Å²) in [5, 5.41) is 11.8. The van der Waals surface area contributed by atoms with Crippen LogP contribution in [0.15, 0.2) is 24.4 Å². The Labute approximate surface area is 168 Å². The number of anilines is 1. The van der Waals surface area contributed by atoms with Crippen LogP contribution in [0, 0.1) is 5.41 Å². The molecule has 3 aromatic rings. The monoisotopic (exact) mass is 404 g/mol. The fourth-order valence-corrected chi connectivity index (χ4v) is 4.24. The van der Waals surface area contributed by atoms with Gasteiger partial charge < -0.3 is 10.2 Å². The minimum Gasteiger partial charge on any atom is -0.355 e. The molecule has 0 aliphatic carbocycles. The van der Waals surface area contributed by atoms with Crippen LogP contribution in [0.5, 0.6) is 0 Å². The van der Waals surface area contributed by atoms with E-state index in [1.54, 1.807) is 6.07 Å². The molecule has 4 rings (SSSR count). The number of fused-ring (bicyclic) bond motifs is 1. The molecule has 8 heteroatoms. The van der Waals surface area contributed by atoms with Gasteiger partial charge >= 0.3 is 0 Å². The molecular formula is C19H22Cl2N6. The molecule has 1 aromatic carbocycles. The number of nitrogens with zero attached hydrogens (tertiary/aromatic N) is 4. The second kappa shape index (κ2) is 7.26. The third-order valence-corrected chi connectivity index (χ3v) is 5.74. The molecule has 1 saturated heterocycles. The normalized spacial score (nSPS) is 16.8. The lowest BCUT2D eigenvalue weighted by Gasteiger charge is -2.39. The van der Waals surface area contributed by atoms with Crippen molar-refractivity contribution in [1.29, 1.82) is 0 Å². The Balaban J connectivity index is 1.60. The van der Waals surface area contributed by atoms with Gasteiger partial charge in [-0.1, -0.05) is 30.1 Å². The predicted octanol–water partition coefficient (Wildman–Crippen LogP) is 4.15. The fraction of sp³-hybridized carbons (Fsp3) is 0.421. The summed E-state index contributed by atoms with van der Waals surface area (Å²) in [6.07, 6.45) is 4.08. The fourth-order valence-electron chi connectivity index (χ4n) is 3.72. The first-order chi connectivity index (χ1) is 13.0. The summed E-state index contributed by atoms with van der Waals surface area (Å²) >= 11 is 12.2. The zero-order chi connectivity index (χ0) is 19.0. The molecule has 1 aliphatic rings. The van der Waals surface area contributed by atoms with E-state index in [2.05, 4.69) is 32.3 Å². The van der Waals surface area contributed by atoms with E-state index in [9.17, 15) is 0 Å². The molecule has 27 heavy (non-hydrogen) atoms. The van der Waals surface area contributed by atoms with Gasteiger partial charge in [0.1, 0.15) is 11.3 Å². The molecule has 0 spiro atoms. The van der Waals surface area contributed by atoms with Crippen LogP contribution in [0.3, 0.4) is 0 Å². The summed E-state index contributed by atoms with van der Waals surface area (Å²) in [7, 11) is 2.01. The highest BCUT2D eigenvalue weighted by Gasteiger charge is 2.30. The van der Waals surface area contributed by atoms with E-state index in [-0.39, 0.29) is 0 Å². The van der Waals surface area contributed by atoms with Crippen LogP contribution in [-0.4, -0.2) is 46.8 Å². The number of aromatic nitrogens is 4. The van der Waals surface area contributed by atoms with Crippen molar-refractivity contribution in [3.05, 3.63) is 34.4 Å².